The molecule has 0 saturated heterocycles. The zero-order valence-corrected chi connectivity index (χ0v) is 24.9. The summed E-state index contributed by atoms with van der Waals surface area (Å²) in [6.07, 6.45) is 3.35. The highest BCUT2D eigenvalue weighted by Crippen LogP contribution is 2.37. The number of fused-ring (bicyclic) bond motifs is 4. The van der Waals surface area contributed by atoms with Gasteiger partial charge >= 0.3 is 6.09 Å². The molecule has 1 aromatic heterocycles. The van der Waals surface area contributed by atoms with Crippen LogP contribution in [0.25, 0.3) is 22.3 Å². The monoisotopic (exact) mass is 603 g/mol. The van der Waals surface area contributed by atoms with Crippen LogP contribution in [0, 0.1) is 11.6 Å². The van der Waals surface area contributed by atoms with Crippen LogP contribution in [0.4, 0.5) is 25.0 Å². The van der Waals surface area contributed by atoms with E-state index in [1.807, 2.05) is 24.3 Å². The number of amides is 2. The third kappa shape index (κ3) is 7.20. The lowest BCUT2D eigenvalue weighted by Gasteiger charge is -2.21. The first-order chi connectivity index (χ1) is 20.5. The first kappa shape index (κ1) is 30.2. The summed E-state index contributed by atoms with van der Waals surface area (Å²) >= 11 is 5.90. The molecule has 9 heteroatoms. The van der Waals surface area contributed by atoms with Gasteiger partial charge in [-0.2, -0.15) is 0 Å². The molecular formula is C34H32ClF2N3O3. The number of anilines is 2. The van der Waals surface area contributed by atoms with E-state index in [0.717, 1.165) is 41.3 Å². The molecule has 1 aliphatic heterocycles. The van der Waals surface area contributed by atoms with Gasteiger partial charge in [0.1, 0.15) is 11.4 Å². The summed E-state index contributed by atoms with van der Waals surface area (Å²) in [4.78, 5) is 29.9. The molecule has 0 unspecified atom stereocenters. The van der Waals surface area contributed by atoms with E-state index >= 15 is 0 Å². The molecule has 0 saturated carbocycles. The van der Waals surface area contributed by atoms with Gasteiger partial charge < -0.3 is 10.1 Å². The Hall–Kier alpha value is -4.30. The fourth-order valence-electron chi connectivity index (χ4n) is 5.20. The van der Waals surface area contributed by atoms with Gasteiger partial charge in [0.2, 0.25) is 5.91 Å². The molecule has 2 N–H and O–H groups in total. The predicted molar refractivity (Wildman–Crippen MR) is 165 cm³/mol. The van der Waals surface area contributed by atoms with Gasteiger partial charge in [0.15, 0.2) is 5.82 Å². The molecule has 6 nitrogen and oxygen atoms in total. The van der Waals surface area contributed by atoms with Crippen molar-refractivity contribution in [3.05, 3.63) is 101 Å². The Morgan fingerprint density at radius 2 is 1.84 bits per heavy atom. The van der Waals surface area contributed by atoms with Gasteiger partial charge in [-0.3, -0.25) is 15.1 Å². The average Bonchev–Trinajstić information content (AvgIpc) is 2.94. The minimum absolute atomic E-state index is 0.109. The van der Waals surface area contributed by atoms with Crippen LogP contribution in [0.5, 0.6) is 0 Å². The zero-order chi connectivity index (χ0) is 30.7. The molecular weight excluding hydrogens is 572 g/mol. The van der Waals surface area contributed by atoms with E-state index in [0.29, 0.717) is 29.8 Å². The van der Waals surface area contributed by atoms with Crippen LogP contribution >= 0.6 is 11.6 Å². The Balaban J connectivity index is 1.49. The molecule has 43 heavy (non-hydrogen) atoms. The van der Waals surface area contributed by atoms with Crippen molar-refractivity contribution >= 4 is 35.0 Å². The minimum atomic E-state index is -0.823. The molecule has 4 aromatic rings. The molecule has 1 aliphatic rings. The molecule has 2 bridgehead atoms. The van der Waals surface area contributed by atoms with E-state index in [1.54, 1.807) is 45.0 Å². The van der Waals surface area contributed by atoms with Gasteiger partial charge in [-0.25, -0.2) is 13.6 Å². The van der Waals surface area contributed by atoms with Crippen LogP contribution in [-0.2, 0) is 9.53 Å². The summed E-state index contributed by atoms with van der Waals surface area (Å²) in [6.45, 7) is 5.36. The normalized spacial score (nSPS) is 15.4. The Labute approximate surface area is 254 Å². The molecule has 1 atom stereocenters. The number of hydrogen-bond donors (Lipinski definition) is 2. The number of carbonyl (C=O) groups is 2. The topological polar surface area (TPSA) is 80.3 Å². The fraction of sp³-hybridized carbons (Fsp3) is 0.265. The smallest absolute Gasteiger partial charge is 0.412 e. The molecule has 0 fully saturated rings. The summed E-state index contributed by atoms with van der Waals surface area (Å²) < 4.78 is 34.5. The number of benzene rings is 3. The van der Waals surface area contributed by atoms with Crippen LogP contribution in [0.2, 0.25) is 5.02 Å². The first-order valence-corrected chi connectivity index (χ1v) is 14.5. The maximum absolute atomic E-state index is 14.6. The molecule has 222 valence electrons. The number of rotatable bonds is 3. The van der Waals surface area contributed by atoms with Crippen molar-refractivity contribution < 1.29 is 23.1 Å². The predicted octanol–water partition coefficient (Wildman–Crippen LogP) is 9.34. The highest BCUT2D eigenvalue weighted by Gasteiger charge is 2.22. The molecule has 2 heterocycles. The van der Waals surface area contributed by atoms with E-state index in [4.69, 9.17) is 16.3 Å². The summed E-state index contributed by atoms with van der Waals surface area (Å²) in [5.41, 5.74) is 3.94. The number of hydrogen-bond acceptors (Lipinski definition) is 4. The van der Waals surface area contributed by atoms with Crippen LogP contribution in [0.15, 0.2) is 72.9 Å². The molecule has 0 radical (unpaired) electrons. The number of nitrogens with one attached hydrogen (secondary N) is 2. The summed E-state index contributed by atoms with van der Waals surface area (Å²) in [6, 6.07) is 19.1. The van der Waals surface area contributed by atoms with Crippen molar-refractivity contribution in [1.29, 1.82) is 0 Å². The highest BCUT2D eigenvalue weighted by atomic mass is 35.5. The summed E-state index contributed by atoms with van der Waals surface area (Å²) in [5.74, 6) is -1.77. The Morgan fingerprint density at radius 1 is 1.02 bits per heavy atom. The summed E-state index contributed by atoms with van der Waals surface area (Å²) in [7, 11) is 0. The van der Waals surface area contributed by atoms with Gasteiger partial charge in [-0.05, 0) is 75.1 Å². The molecule has 2 amide bonds. The number of halogens is 3. The third-order valence-corrected chi connectivity index (χ3v) is 7.45. The van der Waals surface area contributed by atoms with Crippen molar-refractivity contribution in [2.24, 2.45) is 0 Å². The van der Waals surface area contributed by atoms with Crippen molar-refractivity contribution in [1.82, 2.24) is 4.98 Å². The van der Waals surface area contributed by atoms with E-state index in [1.165, 1.54) is 12.3 Å². The van der Waals surface area contributed by atoms with Gasteiger partial charge in [0, 0.05) is 41.0 Å². The summed E-state index contributed by atoms with van der Waals surface area (Å²) in [5, 5.41) is 5.59. The maximum atomic E-state index is 14.6. The fourth-order valence-corrected chi connectivity index (χ4v) is 5.36. The standard InChI is InChI=1S/C34H32ClF2N3O3/c1-34(2,3)43-33(42)39-23-12-13-25-21-8-6-7-20(17-21)24(9-4-5-10-30(41)40-29(25)18-23)28-16-11-22(19-38-28)31-27(36)15-14-26(35)32(31)37/h6-8,11-19,24H,4-5,9-10H2,1-3H3,(H,39,42)(H,40,41)/t24-/m0/s1. The minimum Gasteiger partial charge on any atom is -0.444 e. The molecule has 0 aliphatic carbocycles. The van der Waals surface area contributed by atoms with Gasteiger partial charge in [-0.1, -0.05) is 54.4 Å². The second-order valence-corrected chi connectivity index (χ2v) is 12.0. The lowest BCUT2D eigenvalue weighted by molar-refractivity contribution is -0.116. The molecule has 0 spiro atoms. The average molecular weight is 604 g/mol. The van der Waals surface area contributed by atoms with Crippen molar-refractivity contribution in [2.45, 2.75) is 58.0 Å². The number of pyridine rings is 1. The van der Waals surface area contributed by atoms with Crippen molar-refractivity contribution in [3.8, 4) is 22.3 Å². The molecule has 3 aromatic carbocycles. The largest absolute Gasteiger partial charge is 0.444 e. The lowest BCUT2D eigenvalue weighted by atomic mass is 9.87. The second-order valence-electron chi connectivity index (χ2n) is 11.5. The highest BCUT2D eigenvalue weighted by molar-refractivity contribution is 6.31. The van der Waals surface area contributed by atoms with Crippen molar-refractivity contribution in [2.75, 3.05) is 10.6 Å². The Bertz CT molecular complexity index is 1670. The van der Waals surface area contributed by atoms with Crippen LogP contribution < -0.4 is 10.6 Å². The quantitative estimate of drug-likeness (QED) is 0.229. The zero-order valence-electron chi connectivity index (χ0n) is 24.1. The number of carbonyl (C=O) groups excluding carboxylic acids is 2. The molecule has 5 rings (SSSR count). The van der Waals surface area contributed by atoms with Gasteiger partial charge in [-0.15, -0.1) is 0 Å². The Kier molecular flexibility index (Phi) is 8.78. The number of aromatic nitrogens is 1. The van der Waals surface area contributed by atoms with E-state index in [9.17, 15) is 18.4 Å². The lowest BCUT2D eigenvalue weighted by Crippen LogP contribution is -2.27. The maximum Gasteiger partial charge on any atom is 0.412 e. The second kappa shape index (κ2) is 12.5. The van der Waals surface area contributed by atoms with E-state index in [2.05, 4.69) is 21.7 Å². The first-order valence-electron chi connectivity index (χ1n) is 14.1. The Morgan fingerprint density at radius 3 is 2.58 bits per heavy atom. The van der Waals surface area contributed by atoms with Crippen LogP contribution in [0.1, 0.15) is 63.6 Å². The van der Waals surface area contributed by atoms with E-state index < -0.39 is 23.3 Å². The van der Waals surface area contributed by atoms with E-state index in [-0.39, 0.29) is 22.4 Å². The van der Waals surface area contributed by atoms with Gasteiger partial charge in [0.25, 0.3) is 0 Å². The van der Waals surface area contributed by atoms with Crippen molar-refractivity contribution in [3.63, 3.8) is 0 Å². The number of ether oxygens (including phenoxy) is 1. The van der Waals surface area contributed by atoms with Gasteiger partial charge in [0.05, 0.1) is 16.3 Å². The SMILES string of the molecule is CC(C)(C)OC(=O)Nc1ccc2c(c1)NC(=O)CCCC[C@H](c1ccc(-c3c(F)ccc(Cl)c3F)cn1)c1cccc-2c1. The van der Waals surface area contributed by atoms with Crippen LogP contribution in [-0.4, -0.2) is 22.6 Å². The third-order valence-electron chi connectivity index (χ3n) is 7.16. The number of nitrogens with zero attached hydrogens (tertiary/aromatic N) is 1. The van der Waals surface area contributed by atoms with Crippen LogP contribution in [0.3, 0.4) is 0 Å².